The summed E-state index contributed by atoms with van der Waals surface area (Å²) in [6.45, 7) is 5.06. The van der Waals surface area contributed by atoms with Crippen molar-refractivity contribution in [3.8, 4) is 0 Å². The molecule has 1 saturated heterocycles. The summed E-state index contributed by atoms with van der Waals surface area (Å²) in [5.74, 6) is -2.20. The third-order valence-electron chi connectivity index (χ3n) is 5.05. The SMILES string of the molecule is CCCCC1(C(=O)O)C=C(C)C=C(C(=O)O)C1CC1CCOC1. The third kappa shape index (κ3) is 3.66. The van der Waals surface area contributed by atoms with Gasteiger partial charge in [-0.1, -0.05) is 31.4 Å². The van der Waals surface area contributed by atoms with Crippen molar-refractivity contribution in [3.63, 3.8) is 0 Å². The molecule has 128 valence electrons. The maximum Gasteiger partial charge on any atom is 0.331 e. The van der Waals surface area contributed by atoms with Crippen molar-refractivity contribution in [3.05, 3.63) is 23.3 Å². The summed E-state index contributed by atoms with van der Waals surface area (Å²) in [6.07, 6.45) is 6.95. The van der Waals surface area contributed by atoms with Crippen LogP contribution in [0.4, 0.5) is 0 Å². The molecule has 2 rings (SSSR count). The Labute approximate surface area is 137 Å². The molecule has 5 heteroatoms. The lowest BCUT2D eigenvalue weighted by molar-refractivity contribution is -0.150. The van der Waals surface area contributed by atoms with E-state index < -0.39 is 23.3 Å². The minimum absolute atomic E-state index is 0.231. The number of unbranched alkanes of at least 4 members (excludes halogenated alkanes) is 1. The summed E-state index contributed by atoms with van der Waals surface area (Å²) in [7, 11) is 0. The second kappa shape index (κ2) is 7.30. The second-order valence-corrected chi connectivity index (χ2v) is 6.76. The van der Waals surface area contributed by atoms with Gasteiger partial charge in [0.25, 0.3) is 0 Å². The summed E-state index contributed by atoms with van der Waals surface area (Å²) < 4.78 is 5.40. The molecule has 0 radical (unpaired) electrons. The first kappa shape index (κ1) is 17.7. The lowest BCUT2D eigenvalue weighted by atomic mass is 9.62. The highest BCUT2D eigenvalue weighted by atomic mass is 16.5. The molecule has 0 spiro atoms. The average molecular weight is 322 g/mol. The molecule has 0 amide bonds. The van der Waals surface area contributed by atoms with Gasteiger partial charge in [0.05, 0.1) is 5.41 Å². The van der Waals surface area contributed by atoms with Crippen molar-refractivity contribution in [2.45, 2.75) is 46.0 Å². The molecule has 1 aliphatic heterocycles. The molecule has 3 unspecified atom stereocenters. The Balaban J connectivity index is 2.42. The smallest absolute Gasteiger partial charge is 0.331 e. The van der Waals surface area contributed by atoms with Crippen LogP contribution in [0.5, 0.6) is 0 Å². The summed E-state index contributed by atoms with van der Waals surface area (Å²) in [5, 5.41) is 19.6. The summed E-state index contributed by atoms with van der Waals surface area (Å²) in [4.78, 5) is 23.9. The molecule has 0 aromatic carbocycles. The number of hydrogen-bond donors (Lipinski definition) is 2. The molecule has 0 aromatic heterocycles. The van der Waals surface area contributed by atoms with Crippen molar-refractivity contribution in [1.29, 1.82) is 0 Å². The number of rotatable bonds is 7. The van der Waals surface area contributed by atoms with Crippen LogP contribution in [-0.4, -0.2) is 35.4 Å². The zero-order valence-corrected chi connectivity index (χ0v) is 13.9. The van der Waals surface area contributed by atoms with Gasteiger partial charge in [-0.05, 0) is 38.2 Å². The van der Waals surface area contributed by atoms with Gasteiger partial charge in [0, 0.05) is 24.7 Å². The molecule has 1 aliphatic carbocycles. The van der Waals surface area contributed by atoms with Crippen LogP contribution in [0.25, 0.3) is 0 Å². The van der Waals surface area contributed by atoms with Gasteiger partial charge in [-0.3, -0.25) is 4.79 Å². The highest BCUT2D eigenvalue weighted by Gasteiger charge is 2.49. The van der Waals surface area contributed by atoms with Crippen LogP contribution in [0, 0.1) is 17.3 Å². The van der Waals surface area contributed by atoms with Crippen LogP contribution in [0.2, 0.25) is 0 Å². The van der Waals surface area contributed by atoms with E-state index in [2.05, 4.69) is 0 Å². The molecule has 2 N–H and O–H groups in total. The number of allylic oxidation sites excluding steroid dienone is 2. The fourth-order valence-electron chi connectivity index (χ4n) is 3.86. The minimum Gasteiger partial charge on any atom is -0.481 e. The first-order valence-electron chi connectivity index (χ1n) is 8.36. The third-order valence-corrected chi connectivity index (χ3v) is 5.05. The fraction of sp³-hybridized carbons (Fsp3) is 0.667. The van der Waals surface area contributed by atoms with Gasteiger partial charge in [-0.15, -0.1) is 0 Å². The number of carboxylic acid groups (broad SMARTS) is 2. The van der Waals surface area contributed by atoms with Crippen molar-refractivity contribution >= 4 is 11.9 Å². The van der Waals surface area contributed by atoms with E-state index in [1.165, 1.54) is 0 Å². The van der Waals surface area contributed by atoms with E-state index >= 15 is 0 Å². The minimum atomic E-state index is -1.12. The molecule has 0 bridgehead atoms. The monoisotopic (exact) mass is 322 g/mol. The molecule has 3 atom stereocenters. The van der Waals surface area contributed by atoms with E-state index in [0.29, 0.717) is 26.1 Å². The van der Waals surface area contributed by atoms with E-state index in [1.54, 1.807) is 19.1 Å². The number of carbonyl (C=O) groups is 2. The second-order valence-electron chi connectivity index (χ2n) is 6.76. The quantitative estimate of drug-likeness (QED) is 0.751. The van der Waals surface area contributed by atoms with Gasteiger partial charge in [-0.25, -0.2) is 4.79 Å². The maximum atomic E-state index is 12.2. The predicted octanol–water partition coefficient (Wildman–Crippen LogP) is 3.26. The topological polar surface area (TPSA) is 83.8 Å². The van der Waals surface area contributed by atoms with Gasteiger partial charge in [0.1, 0.15) is 0 Å². The highest BCUT2D eigenvalue weighted by Crippen LogP contribution is 2.47. The Bertz CT molecular complexity index is 528. The van der Waals surface area contributed by atoms with Gasteiger partial charge in [0.15, 0.2) is 0 Å². The first-order chi connectivity index (χ1) is 10.9. The standard InChI is InChI=1S/C18H26O5/c1-3-4-6-18(17(21)22)10-12(2)8-14(16(19)20)15(18)9-13-5-7-23-11-13/h8,10,13,15H,3-7,9,11H2,1-2H3,(H,19,20)(H,21,22). The van der Waals surface area contributed by atoms with E-state index in [0.717, 1.165) is 24.8 Å². The molecule has 1 heterocycles. The van der Waals surface area contributed by atoms with Gasteiger partial charge in [-0.2, -0.15) is 0 Å². The normalized spacial score (nSPS) is 30.7. The Hall–Kier alpha value is -1.62. The van der Waals surface area contributed by atoms with Crippen LogP contribution in [-0.2, 0) is 14.3 Å². The zero-order valence-electron chi connectivity index (χ0n) is 13.9. The predicted molar refractivity (Wildman–Crippen MR) is 86.1 cm³/mol. The van der Waals surface area contributed by atoms with Crippen LogP contribution in [0.3, 0.4) is 0 Å². The van der Waals surface area contributed by atoms with Crippen molar-refractivity contribution in [1.82, 2.24) is 0 Å². The van der Waals surface area contributed by atoms with Crippen LogP contribution in [0.15, 0.2) is 23.3 Å². The highest BCUT2D eigenvalue weighted by molar-refractivity contribution is 5.91. The average Bonchev–Trinajstić information content (AvgIpc) is 2.99. The van der Waals surface area contributed by atoms with Crippen molar-refractivity contribution < 1.29 is 24.5 Å². The number of hydrogen-bond acceptors (Lipinski definition) is 3. The zero-order chi connectivity index (χ0) is 17.0. The molecule has 1 fully saturated rings. The summed E-state index contributed by atoms with van der Waals surface area (Å²) in [6, 6.07) is 0. The van der Waals surface area contributed by atoms with E-state index in [4.69, 9.17) is 4.74 Å². The van der Waals surface area contributed by atoms with E-state index in [-0.39, 0.29) is 11.5 Å². The summed E-state index contributed by atoms with van der Waals surface area (Å²) >= 11 is 0. The largest absolute Gasteiger partial charge is 0.481 e. The Morgan fingerprint density at radius 2 is 2.13 bits per heavy atom. The molecule has 0 aromatic rings. The van der Waals surface area contributed by atoms with Crippen molar-refractivity contribution in [2.75, 3.05) is 13.2 Å². The Morgan fingerprint density at radius 3 is 2.65 bits per heavy atom. The fourth-order valence-corrected chi connectivity index (χ4v) is 3.86. The van der Waals surface area contributed by atoms with Crippen molar-refractivity contribution in [2.24, 2.45) is 17.3 Å². The van der Waals surface area contributed by atoms with E-state index in [9.17, 15) is 19.8 Å². The van der Waals surface area contributed by atoms with Gasteiger partial charge >= 0.3 is 11.9 Å². The van der Waals surface area contributed by atoms with E-state index in [1.807, 2.05) is 6.92 Å². The van der Waals surface area contributed by atoms with Crippen LogP contribution >= 0.6 is 0 Å². The number of ether oxygens (including phenoxy) is 1. The number of carboxylic acids is 2. The van der Waals surface area contributed by atoms with Gasteiger partial charge < -0.3 is 14.9 Å². The first-order valence-corrected chi connectivity index (χ1v) is 8.36. The lowest BCUT2D eigenvalue weighted by Crippen LogP contribution is -2.42. The lowest BCUT2D eigenvalue weighted by Gasteiger charge is -2.39. The Morgan fingerprint density at radius 1 is 1.39 bits per heavy atom. The number of aliphatic carboxylic acids is 2. The molecular formula is C18H26O5. The molecule has 23 heavy (non-hydrogen) atoms. The molecule has 5 nitrogen and oxygen atoms in total. The molecule has 2 aliphatic rings. The molecular weight excluding hydrogens is 296 g/mol. The van der Waals surface area contributed by atoms with Crippen LogP contribution in [0.1, 0.15) is 46.0 Å². The van der Waals surface area contributed by atoms with Gasteiger partial charge in [0.2, 0.25) is 0 Å². The maximum absolute atomic E-state index is 12.2. The summed E-state index contributed by atoms with van der Waals surface area (Å²) in [5.41, 5.74) is -0.166. The molecule has 0 saturated carbocycles. The Kier molecular flexibility index (Phi) is 5.63. The van der Waals surface area contributed by atoms with Crippen LogP contribution < -0.4 is 0 Å².